The molecule has 1 heterocycles. The minimum absolute atomic E-state index is 0. The van der Waals surface area contributed by atoms with E-state index in [1.54, 1.807) is 6.92 Å². The second kappa shape index (κ2) is 10.9. The molecule has 1 aromatic heterocycles. The molecule has 1 atom stereocenters. The van der Waals surface area contributed by atoms with Crippen LogP contribution in [0.15, 0.2) is 15.5 Å². The second-order valence-corrected chi connectivity index (χ2v) is 6.12. The molecule has 1 rings (SSSR count). The Balaban J connectivity index is 0.00000529. The normalized spacial score (nSPS) is 14.2. The number of likely N-dealkylation sites (N-methyl/N-ethyl adjacent to an activating group) is 1. The van der Waals surface area contributed by atoms with Crippen molar-refractivity contribution in [1.82, 2.24) is 15.5 Å². The summed E-state index contributed by atoms with van der Waals surface area (Å²) in [6, 6.07) is 1.88. The highest BCUT2D eigenvalue weighted by Gasteiger charge is 2.27. The zero-order chi connectivity index (χ0) is 17.5. The number of nitrogens with one attached hydrogen (secondary N) is 2. The summed E-state index contributed by atoms with van der Waals surface area (Å²) in [5, 5.41) is 17.2. The molecule has 0 fully saturated rings. The van der Waals surface area contributed by atoms with Gasteiger partial charge in [0.15, 0.2) is 5.96 Å². The Kier molecular flexibility index (Phi) is 10.6. The fraction of sp³-hybridized carbons (Fsp3) is 0.706. The fourth-order valence-corrected chi connectivity index (χ4v) is 2.35. The van der Waals surface area contributed by atoms with Gasteiger partial charge in [-0.2, -0.15) is 0 Å². The molecule has 0 aliphatic heterocycles. The third kappa shape index (κ3) is 7.40. The van der Waals surface area contributed by atoms with Crippen LogP contribution >= 0.6 is 24.0 Å². The monoisotopic (exact) mass is 452 g/mol. The van der Waals surface area contributed by atoms with Gasteiger partial charge in [0.05, 0.1) is 6.54 Å². The van der Waals surface area contributed by atoms with E-state index in [-0.39, 0.29) is 30.5 Å². The number of aryl methyl sites for hydroxylation is 2. The Morgan fingerprint density at radius 3 is 2.50 bits per heavy atom. The van der Waals surface area contributed by atoms with Gasteiger partial charge >= 0.3 is 0 Å². The largest absolute Gasteiger partial charge is 0.466 e. The van der Waals surface area contributed by atoms with Crippen molar-refractivity contribution < 1.29 is 9.52 Å². The van der Waals surface area contributed by atoms with Gasteiger partial charge in [0.1, 0.15) is 17.1 Å². The van der Waals surface area contributed by atoms with Gasteiger partial charge in [0.2, 0.25) is 0 Å². The average molecular weight is 452 g/mol. The summed E-state index contributed by atoms with van der Waals surface area (Å²) in [5.41, 5.74) is -0.259. The summed E-state index contributed by atoms with van der Waals surface area (Å²) in [6.07, 6.45) is 0. The van der Waals surface area contributed by atoms with E-state index in [0.29, 0.717) is 0 Å². The summed E-state index contributed by atoms with van der Waals surface area (Å²) in [7, 11) is 2.08. The lowest BCUT2D eigenvalue weighted by atomic mass is 9.96. The molecular formula is C17H33IN4O2. The molecule has 1 unspecified atom stereocenters. The van der Waals surface area contributed by atoms with E-state index in [9.17, 15) is 5.11 Å². The van der Waals surface area contributed by atoms with Crippen molar-refractivity contribution in [3.63, 3.8) is 0 Å². The van der Waals surface area contributed by atoms with E-state index in [1.807, 2.05) is 26.8 Å². The van der Waals surface area contributed by atoms with E-state index in [1.165, 1.54) is 0 Å². The first kappa shape index (κ1) is 23.2. The number of hydrogen-bond acceptors (Lipinski definition) is 4. The molecule has 0 amide bonds. The molecule has 0 saturated heterocycles. The molecular weight excluding hydrogens is 419 g/mol. The van der Waals surface area contributed by atoms with E-state index in [0.717, 1.165) is 49.2 Å². The average Bonchev–Trinajstić information content (AvgIpc) is 2.84. The molecule has 0 bridgehead atoms. The van der Waals surface area contributed by atoms with Crippen LogP contribution in [0.25, 0.3) is 0 Å². The number of nitrogens with zero attached hydrogens (tertiary/aromatic N) is 2. The summed E-state index contributed by atoms with van der Waals surface area (Å²) < 4.78 is 5.51. The Morgan fingerprint density at radius 1 is 1.33 bits per heavy atom. The van der Waals surface area contributed by atoms with Crippen LogP contribution in [0.1, 0.15) is 37.9 Å². The summed E-state index contributed by atoms with van der Waals surface area (Å²) in [5.74, 6) is 2.26. The molecule has 1 aromatic rings. The van der Waals surface area contributed by atoms with E-state index < -0.39 is 5.60 Å². The van der Waals surface area contributed by atoms with Crippen LogP contribution in [-0.4, -0.2) is 55.7 Å². The van der Waals surface area contributed by atoms with Gasteiger partial charge in [-0.05, 0) is 47.4 Å². The van der Waals surface area contributed by atoms with Gasteiger partial charge < -0.3 is 25.1 Å². The smallest absolute Gasteiger partial charge is 0.191 e. The first-order valence-corrected chi connectivity index (χ1v) is 8.30. The quantitative estimate of drug-likeness (QED) is 0.321. The number of aliphatic hydroxyl groups is 1. The number of aliphatic imine (C=N–C) groups is 1. The molecule has 0 aromatic carbocycles. The lowest BCUT2D eigenvalue weighted by molar-refractivity contribution is 0.0657. The zero-order valence-corrected chi connectivity index (χ0v) is 18.1. The predicted octanol–water partition coefficient (Wildman–Crippen LogP) is 2.23. The van der Waals surface area contributed by atoms with Crippen LogP contribution in [0.3, 0.4) is 0 Å². The maximum Gasteiger partial charge on any atom is 0.191 e. The van der Waals surface area contributed by atoms with E-state index >= 15 is 0 Å². The van der Waals surface area contributed by atoms with Gasteiger partial charge in [-0.15, -0.1) is 24.0 Å². The lowest BCUT2D eigenvalue weighted by Crippen LogP contribution is -2.42. The maximum absolute atomic E-state index is 10.7. The van der Waals surface area contributed by atoms with E-state index in [2.05, 4.69) is 34.5 Å². The second-order valence-electron chi connectivity index (χ2n) is 6.12. The van der Waals surface area contributed by atoms with Crippen molar-refractivity contribution in [3.05, 3.63) is 23.2 Å². The van der Waals surface area contributed by atoms with Crippen molar-refractivity contribution in [2.75, 3.05) is 39.8 Å². The van der Waals surface area contributed by atoms with Crippen molar-refractivity contribution >= 4 is 29.9 Å². The van der Waals surface area contributed by atoms with Gasteiger partial charge in [-0.3, -0.25) is 0 Å². The van der Waals surface area contributed by atoms with Gasteiger partial charge in [0, 0.05) is 25.2 Å². The first-order valence-electron chi connectivity index (χ1n) is 8.30. The number of rotatable bonds is 8. The molecule has 7 heteroatoms. The fourth-order valence-electron chi connectivity index (χ4n) is 2.35. The number of hydrogen-bond donors (Lipinski definition) is 3. The Bertz CT molecular complexity index is 515. The summed E-state index contributed by atoms with van der Waals surface area (Å²) in [6.45, 7) is 13.5. The third-order valence-corrected chi connectivity index (χ3v) is 3.84. The summed E-state index contributed by atoms with van der Waals surface area (Å²) in [4.78, 5) is 6.75. The minimum Gasteiger partial charge on any atom is -0.466 e. The Morgan fingerprint density at radius 2 is 2.00 bits per heavy atom. The van der Waals surface area contributed by atoms with Crippen molar-refractivity contribution in [3.8, 4) is 0 Å². The topological polar surface area (TPSA) is 73.0 Å². The van der Waals surface area contributed by atoms with Crippen LogP contribution in [0.4, 0.5) is 0 Å². The number of furan rings is 1. The zero-order valence-electron chi connectivity index (χ0n) is 15.8. The van der Waals surface area contributed by atoms with Crippen LogP contribution in [0.5, 0.6) is 0 Å². The third-order valence-electron chi connectivity index (χ3n) is 3.84. The predicted molar refractivity (Wildman–Crippen MR) is 110 cm³/mol. The molecule has 0 aliphatic carbocycles. The Hall–Kier alpha value is -0.800. The van der Waals surface area contributed by atoms with Crippen LogP contribution in [-0.2, 0) is 5.60 Å². The van der Waals surface area contributed by atoms with Crippen LogP contribution < -0.4 is 10.6 Å². The van der Waals surface area contributed by atoms with Crippen molar-refractivity contribution in [2.24, 2.45) is 4.99 Å². The van der Waals surface area contributed by atoms with Crippen LogP contribution in [0, 0.1) is 13.8 Å². The first-order chi connectivity index (χ1) is 10.8. The molecule has 0 radical (unpaired) electrons. The highest BCUT2D eigenvalue weighted by Crippen LogP contribution is 2.27. The van der Waals surface area contributed by atoms with Crippen molar-refractivity contribution in [2.45, 2.75) is 40.2 Å². The molecule has 3 N–H and O–H groups in total. The van der Waals surface area contributed by atoms with Gasteiger partial charge in [-0.25, -0.2) is 4.99 Å². The molecule has 0 spiro atoms. The molecule has 140 valence electrons. The van der Waals surface area contributed by atoms with Crippen molar-refractivity contribution in [1.29, 1.82) is 0 Å². The molecule has 0 saturated carbocycles. The molecule has 0 aliphatic rings. The standard InChI is InChI=1S/C17H32N4O2.HI/c1-7-18-16(19-9-10-21(6)8-2)20-12-17(5,22)15-11-13(3)23-14(15)4;/h11,22H,7-10,12H2,1-6H3,(H2,18,19,20);1H. The van der Waals surface area contributed by atoms with Crippen LogP contribution in [0.2, 0.25) is 0 Å². The Labute approximate surface area is 163 Å². The highest BCUT2D eigenvalue weighted by molar-refractivity contribution is 14.0. The number of halogens is 1. The van der Waals surface area contributed by atoms with Gasteiger partial charge in [0.25, 0.3) is 0 Å². The molecule has 6 nitrogen and oxygen atoms in total. The SMILES string of the molecule is CCNC(=NCC(C)(O)c1cc(C)oc1C)NCCN(C)CC.I. The minimum atomic E-state index is -1.05. The van der Waals surface area contributed by atoms with Gasteiger partial charge in [-0.1, -0.05) is 6.92 Å². The molecule has 24 heavy (non-hydrogen) atoms. The maximum atomic E-state index is 10.7. The highest BCUT2D eigenvalue weighted by atomic mass is 127. The van der Waals surface area contributed by atoms with E-state index in [4.69, 9.17) is 4.42 Å². The number of guanidine groups is 1. The lowest BCUT2D eigenvalue weighted by Gasteiger charge is -2.22. The summed E-state index contributed by atoms with van der Waals surface area (Å²) >= 11 is 0.